The molecule has 4 aromatic rings. The molecule has 0 N–H and O–H groups in total. The van der Waals surface area contributed by atoms with Crippen LogP contribution < -0.4 is 18.9 Å². The van der Waals surface area contributed by atoms with Gasteiger partial charge in [-0.1, -0.05) is 24.3 Å². The third-order valence-electron chi connectivity index (χ3n) is 12.2. The van der Waals surface area contributed by atoms with Crippen LogP contribution in [0.3, 0.4) is 0 Å². The van der Waals surface area contributed by atoms with Gasteiger partial charge < -0.3 is 37.3 Å². The first-order valence-corrected chi connectivity index (χ1v) is 21.9. The Morgan fingerprint density at radius 2 is 0.871 bits per heavy atom. The largest absolute Gasteiger partial charge is 0.486 e. The van der Waals surface area contributed by atoms with E-state index in [1.165, 1.54) is 0 Å². The van der Waals surface area contributed by atoms with Crippen LogP contribution in [-0.4, -0.2) is 82.4 Å². The van der Waals surface area contributed by atoms with E-state index in [4.69, 9.17) is 37.3 Å². The smallest absolute Gasteiger partial charge is 0.331 e. The number of carbonyl (C=O) groups is 2. The van der Waals surface area contributed by atoms with Gasteiger partial charge >= 0.3 is 11.9 Å². The van der Waals surface area contributed by atoms with Crippen molar-refractivity contribution in [2.24, 2.45) is 0 Å². The molecule has 0 saturated carbocycles. The Hall–Kier alpha value is -5.20. The molecule has 0 aliphatic carbocycles. The molecule has 2 saturated heterocycles. The number of esters is 2. The Morgan fingerprint density at radius 3 is 1.19 bits per heavy atom. The number of carbonyl (C=O) groups excluding carboxylic acids is 2. The summed E-state index contributed by atoms with van der Waals surface area (Å²) in [6.07, 6.45) is 10.3. The molecule has 12 heteroatoms. The summed E-state index contributed by atoms with van der Waals surface area (Å²) in [7, 11) is 0. The van der Waals surface area contributed by atoms with Gasteiger partial charge in [-0.3, -0.25) is 9.80 Å². The Kier molecular flexibility index (Phi) is 15.2. The first-order valence-electron chi connectivity index (χ1n) is 21.9. The highest BCUT2D eigenvalue weighted by molar-refractivity contribution is 5.91. The van der Waals surface area contributed by atoms with Gasteiger partial charge in [0, 0.05) is 47.4 Å². The lowest BCUT2D eigenvalue weighted by molar-refractivity contribution is -0.152. The zero-order chi connectivity index (χ0) is 44.4. The molecule has 2 atom stereocenters. The summed E-state index contributed by atoms with van der Waals surface area (Å²) < 4.78 is 47.8. The Morgan fingerprint density at radius 1 is 0.532 bits per heavy atom. The lowest BCUT2D eigenvalue weighted by atomic mass is 9.79. The normalized spacial score (nSPS) is 19.3. The van der Waals surface area contributed by atoms with Crippen molar-refractivity contribution in [2.75, 3.05) is 26.3 Å². The SMILES string of the molecule is CC1(C)CCCC(C)(C)N1CC(COc1ccccc1OCc1ccco1)OC(=O)/C=C/C(=O)OC(COc1ccccc1OCc1ccco1)CN1C(C)(C)CCCC1(C)C. The second kappa shape index (κ2) is 20.3. The number of para-hydroxylation sites is 4. The van der Waals surface area contributed by atoms with Crippen LogP contribution >= 0.6 is 0 Å². The highest BCUT2D eigenvalue weighted by atomic mass is 16.6. The summed E-state index contributed by atoms with van der Waals surface area (Å²) in [5, 5.41) is 0. The summed E-state index contributed by atoms with van der Waals surface area (Å²) in [6, 6.07) is 22.1. The fourth-order valence-electron chi connectivity index (χ4n) is 9.10. The van der Waals surface area contributed by atoms with Crippen LogP contribution in [0.15, 0.2) is 106 Å². The van der Waals surface area contributed by atoms with Crippen molar-refractivity contribution in [1.29, 1.82) is 0 Å². The maximum Gasteiger partial charge on any atom is 0.331 e. The first-order chi connectivity index (χ1) is 29.5. The minimum Gasteiger partial charge on any atom is -0.486 e. The first kappa shape index (κ1) is 46.3. The fraction of sp³-hybridized carbons (Fsp3) is 0.520. The van der Waals surface area contributed by atoms with Crippen LogP contribution in [0, 0.1) is 0 Å². The number of hydrogen-bond donors (Lipinski definition) is 0. The highest BCUT2D eigenvalue weighted by Gasteiger charge is 2.44. The van der Waals surface area contributed by atoms with Crippen molar-refractivity contribution >= 4 is 11.9 Å². The third kappa shape index (κ3) is 12.7. The number of likely N-dealkylation sites (tertiary alicyclic amines) is 2. The van der Waals surface area contributed by atoms with Gasteiger partial charge in [-0.25, -0.2) is 9.59 Å². The summed E-state index contributed by atoms with van der Waals surface area (Å²) in [5.41, 5.74) is -0.568. The van der Waals surface area contributed by atoms with Crippen molar-refractivity contribution in [2.45, 2.75) is 141 Å². The average molecular weight is 855 g/mol. The van der Waals surface area contributed by atoms with Crippen molar-refractivity contribution in [3.05, 3.63) is 109 Å². The second-order valence-electron chi connectivity index (χ2n) is 18.9. The van der Waals surface area contributed by atoms with Crippen LogP contribution in [-0.2, 0) is 32.3 Å². The predicted octanol–water partition coefficient (Wildman–Crippen LogP) is 9.95. The van der Waals surface area contributed by atoms with E-state index in [1.54, 1.807) is 12.5 Å². The zero-order valence-electron chi connectivity index (χ0n) is 37.9. The van der Waals surface area contributed by atoms with Gasteiger partial charge in [0.15, 0.2) is 23.0 Å². The molecule has 336 valence electrons. The topological polar surface area (TPSA) is 122 Å². The van der Waals surface area contributed by atoms with Crippen molar-refractivity contribution in [3.8, 4) is 23.0 Å². The molecular weight excluding hydrogens is 789 g/mol. The molecule has 2 fully saturated rings. The lowest BCUT2D eigenvalue weighted by Crippen LogP contribution is -2.61. The molecular formula is C50H66N2O10. The molecule has 4 heterocycles. The van der Waals surface area contributed by atoms with Crippen LogP contribution in [0.5, 0.6) is 23.0 Å². The zero-order valence-corrected chi connectivity index (χ0v) is 37.9. The molecule has 6 rings (SSSR count). The van der Waals surface area contributed by atoms with E-state index in [1.807, 2.05) is 72.8 Å². The Labute approximate surface area is 367 Å². The van der Waals surface area contributed by atoms with E-state index in [0.29, 0.717) is 47.6 Å². The lowest BCUT2D eigenvalue weighted by Gasteiger charge is -2.53. The molecule has 62 heavy (non-hydrogen) atoms. The number of rotatable bonds is 20. The van der Waals surface area contributed by atoms with Crippen LogP contribution in [0.25, 0.3) is 0 Å². The average Bonchev–Trinajstić information content (AvgIpc) is 3.95. The maximum atomic E-state index is 13.6. The number of piperidine rings is 2. The van der Waals surface area contributed by atoms with Crippen LogP contribution in [0.2, 0.25) is 0 Å². The van der Waals surface area contributed by atoms with Crippen molar-refractivity contribution in [3.63, 3.8) is 0 Å². The molecule has 2 aliphatic rings. The molecule has 2 unspecified atom stereocenters. The molecule has 0 spiro atoms. The van der Waals surface area contributed by atoms with E-state index in [9.17, 15) is 9.59 Å². The minimum absolute atomic E-state index is 0.0569. The molecule has 0 bridgehead atoms. The van der Waals surface area contributed by atoms with E-state index < -0.39 is 24.1 Å². The maximum absolute atomic E-state index is 13.6. The van der Waals surface area contributed by atoms with Crippen molar-refractivity contribution in [1.82, 2.24) is 9.80 Å². The molecule has 0 amide bonds. The fourth-order valence-corrected chi connectivity index (χ4v) is 9.10. The van der Waals surface area contributed by atoms with Gasteiger partial charge in [0.05, 0.1) is 12.5 Å². The minimum atomic E-state index is -0.683. The Balaban J connectivity index is 1.15. The molecule has 2 aliphatic heterocycles. The molecule has 2 aromatic carbocycles. The monoisotopic (exact) mass is 854 g/mol. The van der Waals surface area contributed by atoms with Gasteiger partial charge in [-0.2, -0.15) is 0 Å². The van der Waals surface area contributed by atoms with Gasteiger partial charge in [0.2, 0.25) is 0 Å². The summed E-state index contributed by atoms with van der Waals surface area (Å²) in [4.78, 5) is 32.0. The second-order valence-corrected chi connectivity index (χ2v) is 18.9. The highest BCUT2D eigenvalue weighted by Crippen LogP contribution is 2.40. The number of ether oxygens (including phenoxy) is 6. The number of nitrogens with zero attached hydrogens (tertiary/aromatic N) is 2. The van der Waals surface area contributed by atoms with E-state index in [-0.39, 0.29) is 48.6 Å². The number of hydrogen-bond acceptors (Lipinski definition) is 12. The molecule has 12 nitrogen and oxygen atoms in total. The van der Waals surface area contributed by atoms with Gasteiger partial charge in [-0.05, 0) is 142 Å². The molecule has 0 radical (unpaired) electrons. The van der Waals surface area contributed by atoms with Gasteiger partial charge in [0.1, 0.15) is 50.2 Å². The predicted molar refractivity (Wildman–Crippen MR) is 236 cm³/mol. The number of furan rings is 2. The molecule has 2 aromatic heterocycles. The van der Waals surface area contributed by atoms with E-state index >= 15 is 0 Å². The number of benzene rings is 2. The standard InChI is InChI=1S/C50H66N2O10/c1-47(2)25-15-26-48(3,4)51(47)31-39(35-59-43-21-11-9-19-41(43)57-33-37-17-13-29-55-37)61-45(53)23-24-46(54)62-40(32-52-49(5,6)27-16-28-50(52,7)8)36-60-44-22-12-10-20-42(44)58-34-38-18-14-30-56-38/h9-14,17-24,29-30,39-40H,15-16,25-28,31-36H2,1-8H3/b24-23+. The van der Waals surface area contributed by atoms with Crippen LogP contribution in [0.1, 0.15) is 105 Å². The van der Waals surface area contributed by atoms with Crippen molar-refractivity contribution < 1.29 is 46.8 Å². The Bertz CT molecular complexity index is 1870. The van der Waals surface area contributed by atoms with Gasteiger partial charge in [-0.15, -0.1) is 0 Å². The summed E-state index contributed by atoms with van der Waals surface area (Å²) in [6.45, 7) is 19.2. The van der Waals surface area contributed by atoms with E-state index in [0.717, 1.165) is 50.7 Å². The summed E-state index contributed by atoms with van der Waals surface area (Å²) in [5.74, 6) is 2.10. The quantitative estimate of drug-likeness (QED) is 0.0621. The van der Waals surface area contributed by atoms with Crippen LogP contribution in [0.4, 0.5) is 0 Å². The van der Waals surface area contributed by atoms with E-state index in [2.05, 4.69) is 65.2 Å². The third-order valence-corrected chi connectivity index (χ3v) is 12.2. The van der Waals surface area contributed by atoms with Gasteiger partial charge in [0.25, 0.3) is 0 Å². The summed E-state index contributed by atoms with van der Waals surface area (Å²) >= 11 is 0.